The van der Waals surface area contributed by atoms with Crippen molar-refractivity contribution in [3.63, 3.8) is 0 Å². The van der Waals surface area contributed by atoms with Crippen LogP contribution in [0, 0.1) is 0 Å². The first-order valence-electron chi connectivity index (χ1n) is 10.5. The first-order chi connectivity index (χ1) is 15.3. The van der Waals surface area contributed by atoms with Gasteiger partial charge in [0.05, 0.1) is 7.11 Å². The molecule has 0 fully saturated rings. The zero-order chi connectivity index (χ0) is 20.5. The van der Waals surface area contributed by atoms with Gasteiger partial charge in [-0.1, -0.05) is 60.7 Å². The summed E-state index contributed by atoms with van der Waals surface area (Å²) >= 11 is 0. The van der Waals surface area contributed by atoms with E-state index < -0.39 is 0 Å². The second kappa shape index (κ2) is 5.99. The van der Waals surface area contributed by atoms with E-state index in [0.29, 0.717) is 0 Å². The minimum atomic E-state index is 0.869. The second-order valence-corrected chi connectivity index (χ2v) is 8.11. The highest BCUT2D eigenvalue weighted by molar-refractivity contribution is 6.29. The Morgan fingerprint density at radius 3 is 2.00 bits per heavy atom. The molecule has 31 heavy (non-hydrogen) atoms. The highest BCUT2D eigenvalue weighted by Gasteiger charge is 2.15. The van der Waals surface area contributed by atoms with Crippen LogP contribution in [-0.4, -0.2) is 7.11 Å². The van der Waals surface area contributed by atoms with E-state index in [1.54, 1.807) is 7.11 Å². The van der Waals surface area contributed by atoms with E-state index in [-0.39, 0.29) is 0 Å². The summed E-state index contributed by atoms with van der Waals surface area (Å²) in [5.74, 6) is 0.869. The predicted molar refractivity (Wildman–Crippen MR) is 130 cm³/mol. The molecule has 0 N–H and O–H groups in total. The molecule has 0 radical (unpaired) electrons. The lowest BCUT2D eigenvalue weighted by molar-refractivity contribution is 0.415. The third kappa shape index (κ3) is 2.22. The van der Waals surface area contributed by atoms with E-state index in [2.05, 4.69) is 84.9 Å². The summed E-state index contributed by atoms with van der Waals surface area (Å²) in [7, 11) is 1.71. The Kier molecular flexibility index (Phi) is 3.23. The molecule has 0 spiro atoms. The molecule has 0 unspecified atom stereocenters. The fourth-order valence-electron chi connectivity index (χ4n) is 5.10. The van der Waals surface area contributed by atoms with Gasteiger partial charge in [-0.05, 0) is 73.4 Å². The molecule has 0 aliphatic heterocycles. The number of benzene rings is 6. The maximum absolute atomic E-state index is 6.35. The van der Waals surface area contributed by atoms with E-state index in [4.69, 9.17) is 9.15 Å². The molecule has 7 aromatic rings. The average molecular weight is 398 g/mol. The van der Waals surface area contributed by atoms with Crippen molar-refractivity contribution >= 4 is 65.0 Å². The number of hydrogen-bond donors (Lipinski definition) is 0. The molecule has 0 saturated heterocycles. The lowest BCUT2D eigenvalue weighted by Gasteiger charge is -2.11. The van der Waals surface area contributed by atoms with Gasteiger partial charge in [0.1, 0.15) is 16.9 Å². The van der Waals surface area contributed by atoms with Gasteiger partial charge in [0.25, 0.3) is 0 Å². The Morgan fingerprint density at radius 1 is 0.516 bits per heavy atom. The first kappa shape index (κ1) is 16.7. The van der Waals surface area contributed by atoms with Gasteiger partial charge in [-0.15, -0.1) is 0 Å². The third-order valence-electron chi connectivity index (χ3n) is 6.52. The Morgan fingerprint density at radius 2 is 1.19 bits per heavy atom. The Hall–Kier alpha value is -4.04. The fraction of sp³-hybridized carbons (Fsp3) is 0.0345. The van der Waals surface area contributed by atoms with E-state index in [1.807, 2.05) is 6.07 Å². The number of rotatable bonds is 1. The quantitative estimate of drug-likeness (QED) is 0.260. The maximum Gasteiger partial charge on any atom is 0.136 e. The van der Waals surface area contributed by atoms with Crippen LogP contribution in [-0.2, 0) is 0 Å². The van der Waals surface area contributed by atoms with Crippen molar-refractivity contribution in [2.75, 3.05) is 7.11 Å². The van der Waals surface area contributed by atoms with Gasteiger partial charge in [-0.25, -0.2) is 0 Å². The molecule has 6 aromatic carbocycles. The molecule has 0 aliphatic carbocycles. The van der Waals surface area contributed by atoms with Gasteiger partial charge in [0.15, 0.2) is 0 Å². The van der Waals surface area contributed by atoms with Crippen LogP contribution in [0.2, 0.25) is 0 Å². The Balaban J connectivity index is 1.74. The maximum atomic E-state index is 6.35. The van der Waals surface area contributed by atoms with Gasteiger partial charge in [0, 0.05) is 10.8 Å². The standard InChI is InChI=1S/C29H18O2/c1-30-18-11-12-22-23(14-18)20-8-4-5-9-21(20)24-15-26-28(16-25(22)24)31-27-13-10-17-6-2-3-7-19(17)29(26)27/h2-16H,1H3. The second-order valence-electron chi connectivity index (χ2n) is 8.11. The van der Waals surface area contributed by atoms with Crippen molar-refractivity contribution in [2.45, 2.75) is 0 Å². The van der Waals surface area contributed by atoms with Crippen molar-refractivity contribution in [3.05, 3.63) is 91.0 Å². The Labute approximate surface area is 178 Å². The summed E-state index contributed by atoms with van der Waals surface area (Å²) in [5, 5.41) is 12.1. The molecule has 0 amide bonds. The molecule has 146 valence electrons. The summed E-state index contributed by atoms with van der Waals surface area (Å²) < 4.78 is 11.9. The van der Waals surface area contributed by atoms with E-state index in [0.717, 1.165) is 22.3 Å². The van der Waals surface area contributed by atoms with E-state index in [9.17, 15) is 0 Å². The number of methoxy groups -OCH3 is 1. The minimum absolute atomic E-state index is 0.869. The molecule has 2 heteroatoms. The summed E-state index contributed by atoms with van der Waals surface area (Å²) in [5.41, 5.74) is 1.85. The van der Waals surface area contributed by atoms with Gasteiger partial charge in [0.2, 0.25) is 0 Å². The van der Waals surface area contributed by atoms with Crippen molar-refractivity contribution in [1.29, 1.82) is 0 Å². The van der Waals surface area contributed by atoms with Gasteiger partial charge in [-0.2, -0.15) is 0 Å². The normalized spacial score (nSPS) is 12.0. The molecule has 2 nitrogen and oxygen atoms in total. The average Bonchev–Trinajstić information content (AvgIpc) is 3.21. The van der Waals surface area contributed by atoms with Crippen molar-refractivity contribution in [3.8, 4) is 5.75 Å². The van der Waals surface area contributed by atoms with Crippen LogP contribution in [0.25, 0.3) is 65.0 Å². The Bertz CT molecular complexity index is 1820. The number of ether oxygens (including phenoxy) is 1. The van der Waals surface area contributed by atoms with Crippen LogP contribution in [0.5, 0.6) is 5.75 Å². The summed E-state index contributed by atoms with van der Waals surface area (Å²) in [6.45, 7) is 0. The monoisotopic (exact) mass is 398 g/mol. The fourth-order valence-corrected chi connectivity index (χ4v) is 5.10. The summed E-state index contributed by atoms with van der Waals surface area (Å²) in [6, 6.07) is 32.2. The molecule has 7 rings (SSSR count). The van der Waals surface area contributed by atoms with Gasteiger partial charge in [-0.3, -0.25) is 0 Å². The molecule has 0 bridgehead atoms. The smallest absolute Gasteiger partial charge is 0.136 e. The predicted octanol–water partition coefficient (Wildman–Crippen LogP) is 8.21. The van der Waals surface area contributed by atoms with Crippen LogP contribution in [0.15, 0.2) is 95.4 Å². The molecule has 1 aromatic heterocycles. The van der Waals surface area contributed by atoms with Gasteiger partial charge >= 0.3 is 0 Å². The largest absolute Gasteiger partial charge is 0.497 e. The van der Waals surface area contributed by atoms with Crippen LogP contribution in [0.3, 0.4) is 0 Å². The lowest BCUT2D eigenvalue weighted by atomic mass is 9.93. The molecular weight excluding hydrogens is 380 g/mol. The highest BCUT2D eigenvalue weighted by atomic mass is 16.5. The van der Waals surface area contributed by atoms with Crippen molar-refractivity contribution < 1.29 is 9.15 Å². The third-order valence-corrected chi connectivity index (χ3v) is 6.52. The topological polar surface area (TPSA) is 22.4 Å². The van der Waals surface area contributed by atoms with E-state index in [1.165, 1.54) is 48.5 Å². The summed E-state index contributed by atoms with van der Waals surface area (Å²) in [4.78, 5) is 0. The number of furan rings is 1. The molecule has 0 saturated carbocycles. The van der Waals surface area contributed by atoms with Crippen molar-refractivity contribution in [2.24, 2.45) is 0 Å². The van der Waals surface area contributed by atoms with Gasteiger partial charge < -0.3 is 9.15 Å². The van der Waals surface area contributed by atoms with Crippen molar-refractivity contribution in [1.82, 2.24) is 0 Å². The number of fused-ring (bicyclic) bond motifs is 11. The minimum Gasteiger partial charge on any atom is -0.497 e. The van der Waals surface area contributed by atoms with Crippen LogP contribution < -0.4 is 4.74 Å². The van der Waals surface area contributed by atoms with Crippen LogP contribution in [0.4, 0.5) is 0 Å². The van der Waals surface area contributed by atoms with E-state index >= 15 is 0 Å². The highest BCUT2D eigenvalue weighted by Crippen LogP contribution is 2.42. The summed E-state index contributed by atoms with van der Waals surface area (Å²) in [6.07, 6.45) is 0. The zero-order valence-electron chi connectivity index (χ0n) is 17.0. The first-order valence-corrected chi connectivity index (χ1v) is 10.5. The molecule has 0 aliphatic rings. The molecule has 1 heterocycles. The molecule has 0 atom stereocenters. The zero-order valence-corrected chi connectivity index (χ0v) is 17.0. The number of hydrogen-bond acceptors (Lipinski definition) is 2. The lowest BCUT2D eigenvalue weighted by Crippen LogP contribution is -1.86. The SMILES string of the molecule is COc1ccc2c(c1)c1ccccc1c1cc3c(cc21)oc1ccc2ccccc2c13. The van der Waals surface area contributed by atoms with Crippen LogP contribution in [0.1, 0.15) is 0 Å². The van der Waals surface area contributed by atoms with Crippen LogP contribution >= 0.6 is 0 Å². The molecular formula is C29H18O2.